The Labute approximate surface area is 117 Å². The van der Waals surface area contributed by atoms with E-state index in [4.69, 9.17) is 0 Å². The van der Waals surface area contributed by atoms with Crippen molar-refractivity contribution in [3.63, 3.8) is 0 Å². The lowest BCUT2D eigenvalue weighted by atomic mass is 10.2. The number of phenols is 1. The average Bonchev–Trinajstić information content (AvgIpc) is 3.16. The third-order valence-corrected chi connectivity index (χ3v) is 3.29. The smallest absolute Gasteiger partial charge is 0.163 e. The van der Waals surface area contributed by atoms with Gasteiger partial charge in [0.15, 0.2) is 17.0 Å². The number of nitrogens with one attached hydrogen (secondary N) is 1. The van der Waals surface area contributed by atoms with E-state index >= 15 is 0 Å². The summed E-state index contributed by atoms with van der Waals surface area (Å²) < 4.78 is 0. The van der Waals surface area contributed by atoms with Crippen LogP contribution in [0.25, 0.3) is 27.6 Å². The predicted molar refractivity (Wildman–Crippen MR) is 75.6 cm³/mol. The van der Waals surface area contributed by atoms with Crippen LogP contribution < -0.4 is 0 Å². The molecule has 8 heteroatoms. The van der Waals surface area contributed by atoms with Gasteiger partial charge in [-0.15, -0.1) is 15.1 Å². The summed E-state index contributed by atoms with van der Waals surface area (Å²) in [6, 6.07) is 9.28. The van der Waals surface area contributed by atoms with Gasteiger partial charge in [-0.3, -0.25) is 5.10 Å². The number of para-hydroxylation sites is 1. The van der Waals surface area contributed by atoms with Crippen LogP contribution in [0, 0.1) is 4.91 Å². The van der Waals surface area contributed by atoms with E-state index in [0.29, 0.717) is 10.9 Å². The lowest BCUT2D eigenvalue weighted by Crippen LogP contribution is -1.97. The van der Waals surface area contributed by atoms with Gasteiger partial charge in [-0.2, -0.15) is 9.90 Å². The molecule has 0 saturated carbocycles. The molecule has 2 aromatic carbocycles. The molecule has 0 fully saturated rings. The minimum Gasteiger partial charge on any atom is -0.505 e. The second-order valence-corrected chi connectivity index (χ2v) is 4.48. The molecule has 0 radical (unpaired) electrons. The number of hydrogen-bond donors (Lipinski definition) is 2. The van der Waals surface area contributed by atoms with Gasteiger partial charge >= 0.3 is 0 Å². The van der Waals surface area contributed by atoms with Gasteiger partial charge in [0.2, 0.25) is 0 Å². The zero-order chi connectivity index (χ0) is 14.4. The second kappa shape index (κ2) is 4.10. The lowest BCUT2D eigenvalue weighted by molar-refractivity contribution is 0.486. The van der Waals surface area contributed by atoms with Crippen molar-refractivity contribution in [3.8, 4) is 11.4 Å². The summed E-state index contributed by atoms with van der Waals surface area (Å²) in [6.45, 7) is 0. The van der Waals surface area contributed by atoms with E-state index in [1.54, 1.807) is 0 Å². The first-order valence-electron chi connectivity index (χ1n) is 6.13. The van der Waals surface area contributed by atoms with E-state index in [0.717, 1.165) is 5.69 Å². The van der Waals surface area contributed by atoms with Crippen LogP contribution in [-0.2, 0) is 0 Å². The van der Waals surface area contributed by atoms with Crippen molar-refractivity contribution in [1.29, 1.82) is 0 Å². The third kappa shape index (κ3) is 1.52. The molecule has 0 saturated heterocycles. The number of benzene rings is 2. The van der Waals surface area contributed by atoms with Gasteiger partial charge in [-0.25, -0.2) is 0 Å². The quantitative estimate of drug-likeness (QED) is 0.548. The van der Waals surface area contributed by atoms with Gasteiger partial charge in [-0.05, 0) is 17.3 Å². The van der Waals surface area contributed by atoms with Crippen LogP contribution in [0.2, 0.25) is 0 Å². The van der Waals surface area contributed by atoms with Crippen LogP contribution in [-0.4, -0.2) is 30.3 Å². The van der Waals surface area contributed by atoms with Crippen LogP contribution in [0.5, 0.6) is 5.75 Å². The van der Waals surface area contributed by atoms with Crippen molar-refractivity contribution in [2.45, 2.75) is 0 Å². The standard InChI is InChI=1S/C13H8N6O2/c20-13-8-6-14-15-9(8)11(18-21)10-12(13)17-19(16-10)7-4-2-1-3-5-7/h1-6,16,20H. The molecule has 0 aliphatic heterocycles. The summed E-state index contributed by atoms with van der Waals surface area (Å²) in [6.07, 6.45) is 1.38. The van der Waals surface area contributed by atoms with Crippen molar-refractivity contribution in [2.75, 3.05) is 0 Å². The van der Waals surface area contributed by atoms with Gasteiger partial charge < -0.3 is 5.11 Å². The molecular weight excluding hydrogens is 272 g/mol. The van der Waals surface area contributed by atoms with E-state index in [9.17, 15) is 10.0 Å². The molecule has 102 valence electrons. The molecule has 0 aliphatic carbocycles. The zero-order valence-corrected chi connectivity index (χ0v) is 10.6. The van der Waals surface area contributed by atoms with Crippen LogP contribution in [0.3, 0.4) is 0 Å². The summed E-state index contributed by atoms with van der Waals surface area (Å²) in [5.74, 6) is -0.0802. The van der Waals surface area contributed by atoms with E-state index < -0.39 is 0 Å². The molecule has 0 unspecified atom stereocenters. The highest BCUT2D eigenvalue weighted by molar-refractivity contribution is 6.09. The maximum absolute atomic E-state index is 11.1. The number of aromatic amines is 1. The summed E-state index contributed by atoms with van der Waals surface area (Å²) in [5, 5.41) is 28.3. The summed E-state index contributed by atoms with van der Waals surface area (Å²) in [4.78, 5) is 12.6. The Kier molecular flexibility index (Phi) is 2.25. The Morgan fingerprint density at radius 1 is 1.19 bits per heavy atom. The number of hydrogen-bond acceptors (Lipinski definition) is 6. The van der Waals surface area contributed by atoms with Gasteiger partial charge in [0, 0.05) is 0 Å². The van der Waals surface area contributed by atoms with Gasteiger partial charge in [0.1, 0.15) is 11.0 Å². The number of aromatic hydroxyl groups is 1. The number of aromatic nitrogens is 5. The number of H-pyrrole nitrogens is 1. The first kappa shape index (κ1) is 11.5. The number of nitroso groups, excluding NO2 is 1. The van der Waals surface area contributed by atoms with E-state index in [1.807, 2.05) is 30.3 Å². The Morgan fingerprint density at radius 3 is 2.76 bits per heavy atom. The molecule has 21 heavy (non-hydrogen) atoms. The molecular formula is C13H8N6O2. The minimum absolute atomic E-state index is 0.0802. The summed E-state index contributed by atoms with van der Waals surface area (Å²) >= 11 is 0. The van der Waals surface area contributed by atoms with Crippen LogP contribution in [0.15, 0.2) is 41.7 Å². The number of fused-ring (bicyclic) bond motifs is 2. The highest BCUT2D eigenvalue weighted by atomic mass is 16.3. The second-order valence-electron chi connectivity index (χ2n) is 4.48. The van der Waals surface area contributed by atoms with E-state index in [2.05, 4.69) is 25.6 Å². The predicted octanol–water partition coefficient (Wildman–Crippen LogP) is 2.40. The SMILES string of the molecule is O=Nc1c2nncc2c(O)c2nn(-c3ccccc3)[nH]c12. The molecule has 0 amide bonds. The maximum Gasteiger partial charge on any atom is 0.163 e. The largest absolute Gasteiger partial charge is 0.505 e. The van der Waals surface area contributed by atoms with Crippen molar-refractivity contribution in [3.05, 3.63) is 41.4 Å². The topological polar surface area (TPSA) is 109 Å². The Hall–Kier alpha value is -3.29. The summed E-state index contributed by atoms with van der Waals surface area (Å²) in [7, 11) is 0. The van der Waals surface area contributed by atoms with E-state index in [1.165, 1.54) is 11.0 Å². The Morgan fingerprint density at radius 2 is 2.00 bits per heavy atom. The van der Waals surface area contributed by atoms with Crippen molar-refractivity contribution in [2.24, 2.45) is 5.18 Å². The normalized spacial score (nSPS) is 11.2. The highest BCUT2D eigenvalue weighted by Crippen LogP contribution is 2.39. The maximum atomic E-state index is 11.1. The molecule has 4 rings (SSSR count). The molecule has 2 N–H and O–H groups in total. The molecule has 4 aromatic rings. The monoisotopic (exact) mass is 280 g/mol. The Balaban J connectivity index is 2.12. The fourth-order valence-corrected chi connectivity index (χ4v) is 2.30. The van der Waals surface area contributed by atoms with E-state index in [-0.39, 0.29) is 22.5 Å². The number of rotatable bonds is 2. The van der Waals surface area contributed by atoms with Gasteiger partial charge in [0.25, 0.3) is 0 Å². The zero-order valence-electron chi connectivity index (χ0n) is 10.6. The number of phenolic OH excluding ortho intramolecular Hbond substituents is 1. The fraction of sp³-hybridized carbons (Fsp3) is 0. The third-order valence-electron chi connectivity index (χ3n) is 3.29. The summed E-state index contributed by atoms with van der Waals surface area (Å²) in [5.41, 5.74) is 1.65. The molecule has 0 spiro atoms. The molecule has 8 nitrogen and oxygen atoms in total. The van der Waals surface area contributed by atoms with Crippen molar-refractivity contribution >= 4 is 27.6 Å². The molecule has 0 aliphatic rings. The number of nitrogens with zero attached hydrogens (tertiary/aromatic N) is 5. The first-order chi connectivity index (χ1) is 10.3. The Bertz CT molecular complexity index is 973. The lowest BCUT2D eigenvalue weighted by Gasteiger charge is -1.98. The van der Waals surface area contributed by atoms with Crippen LogP contribution >= 0.6 is 0 Å². The molecule has 2 heterocycles. The fourth-order valence-electron chi connectivity index (χ4n) is 2.30. The highest BCUT2D eigenvalue weighted by Gasteiger charge is 2.20. The van der Waals surface area contributed by atoms with Crippen LogP contribution in [0.4, 0.5) is 5.69 Å². The van der Waals surface area contributed by atoms with Gasteiger partial charge in [0.05, 0.1) is 17.3 Å². The molecule has 0 atom stereocenters. The van der Waals surface area contributed by atoms with Crippen molar-refractivity contribution < 1.29 is 5.11 Å². The average molecular weight is 280 g/mol. The van der Waals surface area contributed by atoms with Crippen molar-refractivity contribution in [1.82, 2.24) is 25.2 Å². The minimum atomic E-state index is -0.0802. The first-order valence-corrected chi connectivity index (χ1v) is 6.13. The molecule has 0 bridgehead atoms. The molecule has 2 aromatic heterocycles. The van der Waals surface area contributed by atoms with Gasteiger partial charge in [-0.1, -0.05) is 18.2 Å². The van der Waals surface area contributed by atoms with Crippen LogP contribution in [0.1, 0.15) is 0 Å².